The molecule has 0 aliphatic heterocycles. The van der Waals surface area contributed by atoms with Crippen LogP contribution in [0.5, 0.6) is 0 Å². The van der Waals surface area contributed by atoms with Crippen molar-refractivity contribution >= 4 is 21.6 Å². The third-order valence-electron chi connectivity index (χ3n) is 3.36. The summed E-state index contributed by atoms with van der Waals surface area (Å²) in [6.45, 7) is 2.09. The standard InChI is InChI=1S/C16H17N3S/c1-11-7-8-18-14(9-11)13(17-2)10-16-19-12-5-3-4-6-15(12)20-16/h3-9,13,17H,10H2,1-2H3. The molecule has 3 nitrogen and oxygen atoms in total. The first-order valence-corrected chi connectivity index (χ1v) is 7.52. The van der Waals surface area contributed by atoms with Crippen LogP contribution in [0.2, 0.25) is 0 Å². The monoisotopic (exact) mass is 283 g/mol. The molecule has 0 amide bonds. The lowest BCUT2D eigenvalue weighted by atomic mass is 10.1. The minimum Gasteiger partial charge on any atom is -0.311 e. The van der Waals surface area contributed by atoms with Crippen molar-refractivity contribution in [3.05, 3.63) is 58.9 Å². The van der Waals surface area contributed by atoms with Gasteiger partial charge in [0.2, 0.25) is 0 Å². The van der Waals surface area contributed by atoms with Gasteiger partial charge >= 0.3 is 0 Å². The van der Waals surface area contributed by atoms with Gasteiger partial charge < -0.3 is 5.32 Å². The van der Waals surface area contributed by atoms with Crippen LogP contribution in [0.4, 0.5) is 0 Å². The highest BCUT2D eigenvalue weighted by molar-refractivity contribution is 7.18. The normalized spacial score (nSPS) is 12.7. The largest absolute Gasteiger partial charge is 0.311 e. The van der Waals surface area contributed by atoms with Crippen LogP contribution in [0.25, 0.3) is 10.2 Å². The molecule has 20 heavy (non-hydrogen) atoms. The predicted molar refractivity (Wildman–Crippen MR) is 84.1 cm³/mol. The van der Waals surface area contributed by atoms with Crippen LogP contribution in [0.15, 0.2) is 42.6 Å². The number of thiazole rings is 1. The van der Waals surface area contributed by atoms with Crippen LogP contribution in [-0.2, 0) is 6.42 Å². The maximum absolute atomic E-state index is 4.70. The van der Waals surface area contributed by atoms with Gasteiger partial charge in [-0.3, -0.25) is 4.98 Å². The Labute approximate surface area is 122 Å². The second-order valence-corrected chi connectivity index (χ2v) is 5.99. The highest BCUT2D eigenvalue weighted by Gasteiger charge is 2.14. The van der Waals surface area contributed by atoms with E-state index in [0.717, 1.165) is 22.6 Å². The van der Waals surface area contributed by atoms with E-state index in [-0.39, 0.29) is 6.04 Å². The molecule has 1 atom stereocenters. The molecular formula is C16H17N3S. The summed E-state index contributed by atoms with van der Waals surface area (Å²) in [6.07, 6.45) is 2.74. The van der Waals surface area contributed by atoms with Crippen LogP contribution in [0.3, 0.4) is 0 Å². The molecular weight excluding hydrogens is 266 g/mol. The number of hydrogen-bond acceptors (Lipinski definition) is 4. The second-order valence-electron chi connectivity index (χ2n) is 4.88. The first-order chi connectivity index (χ1) is 9.76. The van der Waals surface area contributed by atoms with Crippen LogP contribution < -0.4 is 5.32 Å². The Morgan fingerprint density at radius 3 is 2.85 bits per heavy atom. The molecule has 2 aromatic heterocycles. The minimum atomic E-state index is 0.204. The van der Waals surface area contributed by atoms with Gasteiger partial charge in [0.15, 0.2) is 0 Å². The Bertz CT molecular complexity index is 687. The van der Waals surface area contributed by atoms with Gasteiger partial charge in [0, 0.05) is 12.6 Å². The van der Waals surface area contributed by atoms with Crippen molar-refractivity contribution in [2.24, 2.45) is 0 Å². The number of rotatable bonds is 4. The highest BCUT2D eigenvalue weighted by Crippen LogP contribution is 2.25. The molecule has 102 valence electrons. The number of pyridine rings is 1. The lowest BCUT2D eigenvalue weighted by Gasteiger charge is -2.14. The number of nitrogens with one attached hydrogen (secondary N) is 1. The molecule has 0 spiro atoms. The van der Waals surface area contributed by atoms with Crippen LogP contribution in [-0.4, -0.2) is 17.0 Å². The maximum atomic E-state index is 4.70. The van der Waals surface area contributed by atoms with Gasteiger partial charge in [-0.15, -0.1) is 11.3 Å². The summed E-state index contributed by atoms with van der Waals surface area (Å²) in [5, 5.41) is 4.49. The van der Waals surface area contributed by atoms with Crippen LogP contribution in [0, 0.1) is 6.92 Å². The van der Waals surface area contributed by atoms with E-state index in [2.05, 4.69) is 41.5 Å². The van der Waals surface area contributed by atoms with E-state index in [0.29, 0.717) is 0 Å². The molecule has 0 aliphatic rings. The number of hydrogen-bond donors (Lipinski definition) is 1. The second kappa shape index (κ2) is 5.69. The molecule has 0 fully saturated rings. The Balaban J connectivity index is 1.87. The molecule has 0 radical (unpaired) electrons. The molecule has 3 aromatic rings. The molecule has 4 heteroatoms. The van der Waals surface area contributed by atoms with Gasteiger partial charge in [0.05, 0.1) is 27.0 Å². The van der Waals surface area contributed by atoms with E-state index in [1.165, 1.54) is 10.3 Å². The molecule has 1 unspecified atom stereocenters. The molecule has 0 saturated heterocycles. The van der Waals surface area contributed by atoms with Crippen LogP contribution in [0.1, 0.15) is 22.3 Å². The fraction of sp³-hybridized carbons (Fsp3) is 0.250. The van der Waals surface area contributed by atoms with Gasteiger partial charge in [0.25, 0.3) is 0 Å². The van der Waals surface area contributed by atoms with Crippen molar-refractivity contribution in [1.29, 1.82) is 0 Å². The van der Waals surface area contributed by atoms with Gasteiger partial charge in [-0.1, -0.05) is 12.1 Å². The van der Waals surface area contributed by atoms with E-state index in [1.807, 2.05) is 25.4 Å². The molecule has 1 aromatic carbocycles. The Hall–Kier alpha value is -1.78. The number of fused-ring (bicyclic) bond motifs is 1. The third kappa shape index (κ3) is 2.71. The highest BCUT2D eigenvalue weighted by atomic mass is 32.1. The number of para-hydroxylation sites is 1. The smallest absolute Gasteiger partial charge is 0.0958 e. The lowest BCUT2D eigenvalue weighted by Crippen LogP contribution is -2.20. The summed E-state index contributed by atoms with van der Waals surface area (Å²) >= 11 is 1.76. The summed E-state index contributed by atoms with van der Waals surface area (Å²) in [6, 6.07) is 12.6. The summed E-state index contributed by atoms with van der Waals surface area (Å²) < 4.78 is 1.24. The molecule has 0 aliphatic carbocycles. The van der Waals surface area contributed by atoms with Gasteiger partial charge in [-0.05, 0) is 43.8 Å². The molecule has 0 bridgehead atoms. The van der Waals surface area contributed by atoms with Crippen molar-refractivity contribution < 1.29 is 0 Å². The summed E-state index contributed by atoms with van der Waals surface area (Å²) in [5.74, 6) is 0. The first-order valence-electron chi connectivity index (χ1n) is 6.70. The fourth-order valence-electron chi connectivity index (χ4n) is 2.29. The maximum Gasteiger partial charge on any atom is 0.0958 e. The van der Waals surface area contributed by atoms with E-state index < -0.39 is 0 Å². The summed E-state index contributed by atoms with van der Waals surface area (Å²) in [4.78, 5) is 9.17. The Morgan fingerprint density at radius 1 is 1.25 bits per heavy atom. The quantitative estimate of drug-likeness (QED) is 0.796. The number of likely N-dealkylation sites (N-methyl/N-ethyl adjacent to an activating group) is 1. The molecule has 3 rings (SSSR count). The fourth-order valence-corrected chi connectivity index (χ4v) is 3.30. The van der Waals surface area contributed by atoms with Crippen molar-refractivity contribution in [2.45, 2.75) is 19.4 Å². The van der Waals surface area contributed by atoms with E-state index in [9.17, 15) is 0 Å². The van der Waals surface area contributed by atoms with E-state index >= 15 is 0 Å². The van der Waals surface area contributed by atoms with Gasteiger partial charge in [-0.25, -0.2) is 4.98 Å². The SMILES string of the molecule is CNC(Cc1nc2ccccc2s1)c1cc(C)ccn1. The third-order valence-corrected chi connectivity index (χ3v) is 4.42. The number of aromatic nitrogens is 2. The lowest BCUT2D eigenvalue weighted by molar-refractivity contribution is 0.574. The zero-order valence-electron chi connectivity index (χ0n) is 11.6. The first kappa shape index (κ1) is 13.2. The zero-order valence-corrected chi connectivity index (χ0v) is 12.4. The number of nitrogens with zero attached hydrogens (tertiary/aromatic N) is 2. The number of aryl methyl sites for hydroxylation is 1. The summed E-state index contributed by atoms with van der Waals surface area (Å²) in [7, 11) is 1.97. The van der Waals surface area contributed by atoms with Crippen molar-refractivity contribution in [3.63, 3.8) is 0 Å². The Morgan fingerprint density at radius 2 is 2.10 bits per heavy atom. The van der Waals surface area contributed by atoms with Crippen molar-refractivity contribution in [1.82, 2.24) is 15.3 Å². The Kier molecular flexibility index (Phi) is 3.76. The summed E-state index contributed by atoms with van der Waals surface area (Å²) in [5.41, 5.74) is 3.39. The zero-order chi connectivity index (χ0) is 13.9. The van der Waals surface area contributed by atoms with Gasteiger partial charge in [-0.2, -0.15) is 0 Å². The van der Waals surface area contributed by atoms with Crippen molar-refractivity contribution in [3.8, 4) is 0 Å². The predicted octanol–water partition coefficient (Wildman–Crippen LogP) is 3.50. The topological polar surface area (TPSA) is 37.8 Å². The molecule has 1 N–H and O–H groups in total. The van der Waals surface area contributed by atoms with E-state index in [4.69, 9.17) is 4.98 Å². The van der Waals surface area contributed by atoms with Gasteiger partial charge in [0.1, 0.15) is 0 Å². The van der Waals surface area contributed by atoms with Crippen molar-refractivity contribution in [2.75, 3.05) is 7.05 Å². The van der Waals surface area contributed by atoms with Crippen LogP contribution >= 0.6 is 11.3 Å². The minimum absolute atomic E-state index is 0.204. The number of benzene rings is 1. The molecule has 0 saturated carbocycles. The average Bonchev–Trinajstić information content (AvgIpc) is 2.87. The molecule has 2 heterocycles. The average molecular weight is 283 g/mol. The van der Waals surface area contributed by atoms with E-state index in [1.54, 1.807) is 11.3 Å².